The molecule has 0 aliphatic carbocycles. The summed E-state index contributed by atoms with van der Waals surface area (Å²) in [5, 5.41) is 2.86. The number of amides is 1. The van der Waals surface area contributed by atoms with Crippen LogP contribution in [0, 0.1) is 17.9 Å². The van der Waals surface area contributed by atoms with E-state index < -0.39 is 5.97 Å². The van der Waals surface area contributed by atoms with Crippen molar-refractivity contribution in [3.63, 3.8) is 0 Å². The molecule has 0 fully saturated rings. The fourth-order valence-electron chi connectivity index (χ4n) is 2.81. The van der Waals surface area contributed by atoms with Crippen molar-refractivity contribution in [2.24, 2.45) is 11.3 Å². The van der Waals surface area contributed by atoms with Crippen LogP contribution in [0.5, 0.6) is 0 Å². The van der Waals surface area contributed by atoms with Crippen molar-refractivity contribution in [1.82, 2.24) is 0 Å². The zero-order valence-electron chi connectivity index (χ0n) is 18.4. The molecule has 0 spiro atoms. The van der Waals surface area contributed by atoms with Gasteiger partial charge in [-0.3, -0.25) is 9.59 Å². The lowest BCUT2D eigenvalue weighted by atomic mass is 9.92. The normalized spacial score (nSPS) is 12.8. The van der Waals surface area contributed by atoms with Crippen LogP contribution in [-0.4, -0.2) is 18.5 Å². The minimum Gasteiger partial charge on any atom is -0.470 e. The fourth-order valence-corrected chi connectivity index (χ4v) is 2.81. The van der Waals surface area contributed by atoms with E-state index in [1.807, 2.05) is 20.8 Å². The monoisotopic (exact) mass is 398 g/mol. The molecule has 0 saturated carbocycles. The van der Waals surface area contributed by atoms with Crippen LogP contribution >= 0.6 is 0 Å². The average Bonchev–Trinajstić information content (AvgIpc) is 2.65. The summed E-state index contributed by atoms with van der Waals surface area (Å²) in [6, 6.07) is 7.05. The third-order valence-electron chi connectivity index (χ3n) is 4.51. The number of hydrogen-bond acceptors (Lipinski definition) is 3. The minimum atomic E-state index is -0.586. The van der Waals surface area contributed by atoms with E-state index in [1.54, 1.807) is 24.3 Å². The maximum atomic E-state index is 12.3. The number of rotatable bonds is 10. The van der Waals surface area contributed by atoms with Gasteiger partial charge < -0.3 is 10.1 Å². The van der Waals surface area contributed by atoms with Gasteiger partial charge in [0, 0.05) is 12.1 Å². The van der Waals surface area contributed by atoms with Crippen molar-refractivity contribution in [3.05, 3.63) is 46.9 Å². The molecule has 0 aromatic heterocycles. The molecule has 1 atom stereocenters. The highest BCUT2D eigenvalue weighted by atomic mass is 16.5. The summed E-state index contributed by atoms with van der Waals surface area (Å²) in [5.74, 6) is -0.292. The summed E-state index contributed by atoms with van der Waals surface area (Å²) in [4.78, 5) is 27.6. The molecule has 1 amide bonds. The Balaban J connectivity index is 2.70. The van der Waals surface area contributed by atoms with Crippen LogP contribution in [-0.2, 0) is 14.3 Å². The molecule has 29 heavy (non-hydrogen) atoms. The molecule has 0 aliphatic heterocycles. The van der Waals surface area contributed by atoms with Crippen LogP contribution in [0.2, 0.25) is 0 Å². The Hall–Kier alpha value is -2.61. The Kier molecular flexibility index (Phi) is 10.2. The molecule has 5 nitrogen and oxygen atoms in total. The largest absolute Gasteiger partial charge is 0.470 e. The van der Waals surface area contributed by atoms with Gasteiger partial charge in [-0.15, -0.1) is 0 Å². The minimum absolute atomic E-state index is 0.0418. The zero-order chi connectivity index (χ0) is 21.9. The summed E-state index contributed by atoms with van der Waals surface area (Å²) in [7, 11) is 0. The number of anilines is 1. The van der Waals surface area contributed by atoms with Gasteiger partial charge in [0.2, 0.25) is 5.91 Å². The Bertz CT molecular complexity index is 737. The first-order valence-corrected chi connectivity index (χ1v) is 10.3. The zero-order valence-corrected chi connectivity index (χ0v) is 18.4. The van der Waals surface area contributed by atoms with Gasteiger partial charge in [0.15, 0.2) is 0 Å². The molecule has 1 unspecified atom stereocenters. The number of carbonyl (C=O) groups excluding carboxylic acids is 2. The second-order valence-electron chi connectivity index (χ2n) is 8.56. The number of benzene rings is 1. The number of hydrogen-bond donors (Lipinski definition) is 1. The number of esters is 1. The Morgan fingerprint density at radius 1 is 1.21 bits per heavy atom. The smallest absolute Gasteiger partial charge is 0.336 e. The van der Waals surface area contributed by atoms with Crippen LogP contribution in [0.4, 0.5) is 5.69 Å². The van der Waals surface area contributed by atoms with Crippen LogP contribution in [0.3, 0.4) is 0 Å². The van der Waals surface area contributed by atoms with Crippen LogP contribution in [0.1, 0.15) is 72.3 Å². The second-order valence-corrected chi connectivity index (χ2v) is 8.56. The van der Waals surface area contributed by atoms with Crippen molar-refractivity contribution < 1.29 is 14.3 Å². The number of carbonyl (C=O) groups is 2. The number of nitrogens with one attached hydrogen (secondary N) is 1. The second kappa shape index (κ2) is 12.1. The fraction of sp³-hybridized carbons (Fsp3) is 0.542. The number of unbranched alkanes of at least 4 members (excludes halogenated alkanes) is 1. The molecular weight excluding hydrogens is 364 g/mol. The molecular formula is C24H34N2O3. The molecule has 5 heteroatoms. The SMILES string of the molecule is [C-]#[N+]C(=Cc1ccc(NC(=O)CC(C)(C)C)cc1)C(=O)OCC(CC)CCCC. The third kappa shape index (κ3) is 9.94. The van der Waals surface area contributed by atoms with E-state index in [1.165, 1.54) is 6.08 Å². The first kappa shape index (κ1) is 24.4. The first-order chi connectivity index (χ1) is 13.7. The van der Waals surface area contributed by atoms with E-state index in [-0.39, 0.29) is 17.0 Å². The Labute approximate surface area is 175 Å². The van der Waals surface area contributed by atoms with Crippen molar-refractivity contribution in [3.8, 4) is 0 Å². The maximum absolute atomic E-state index is 12.3. The van der Waals surface area contributed by atoms with Crippen molar-refractivity contribution in [2.75, 3.05) is 11.9 Å². The van der Waals surface area contributed by atoms with Crippen LogP contribution in [0.25, 0.3) is 10.9 Å². The Morgan fingerprint density at radius 3 is 2.38 bits per heavy atom. The summed E-state index contributed by atoms with van der Waals surface area (Å²) < 4.78 is 5.36. The van der Waals surface area contributed by atoms with Gasteiger partial charge in [-0.25, -0.2) is 4.85 Å². The summed E-state index contributed by atoms with van der Waals surface area (Å²) >= 11 is 0. The van der Waals surface area contributed by atoms with E-state index in [2.05, 4.69) is 24.0 Å². The molecule has 0 aliphatic rings. The Morgan fingerprint density at radius 2 is 1.86 bits per heavy atom. The van der Waals surface area contributed by atoms with Gasteiger partial charge in [0.05, 0.1) is 13.2 Å². The molecule has 0 bridgehead atoms. The molecule has 1 N–H and O–H groups in total. The number of ether oxygens (including phenoxy) is 1. The maximum Gasteiger partial charge on any atom is 0.336 e. The van der Waals surface area contributed by atoms with Gasteiger partial charge in [-0.2, -0.15) is 0 Å². The lowest BCUT2D eigenvalue weighted by molar-refractivity contribution is -0.140. The molecule has 158 valence electrons. The molecule has 0 saturated heterocycles. The molecule has 1 aromatic carbocycles. The average molecular weight is 399 g/mol. The van der Waals surface area contributed by atoms with E-state index in [0.29, 0.717) is 30.2 Å². The van der Waals surface area contributed by atoms with Gasteiger partial charge in [0.1, 0.15) is 0 Å². The molecule has 0 radical (unpaired) electrons. The first-order valence-electron chi connectivity index (χ1n) is 10.3. The predicted molar refractivity (Wildman–Crippen MR) is 118 cm³/mol. The van der Waals surface area contributed by atoms with Gasteiger partial charge >= 0.3 is 5.97 Å². The third-order valence-corrected chi connectivity index (χ3v) is 4.51. The van der Waals surface area contributed by atoms with Crippen molar-refractivity contribution in [2.45, 2.75) is 66.7 Å². The summed E-state index contributed by atoms with van der Waals surface area (Å²) in [6.45, 7) is 17.9. The summed E-state index contributed by atoms with van der Waals surface area (Å²) in [5.41, 5.74) is 1.27. The standard InChI is InChI=1S/C24H34N2O3/c1-7-9-10-18(8-2)17-29-23(28)21(25-6)15-19-11-13-20(14-12-19)26-22(27)16-24(3,4)5/h11-15,18H,7-10,16-17H2,1-5H3,(H,26,27). The quantitative estimate of drug-likeness (QED) is 0.295. The molecule has 1 rings (SSSR count). The number of nitrogens with zero attached hydrogens (tertiary/aromatic N) is 1. The highest BCUT2D eigenvalue weighted by Gasteiger charge is 2.16. The highest BCUT2D eigenvalue weighted by molar-refractivity contribution is 5.96. The van der Waals surface area contributed by atoms with E-state index in [0.717, 1.165) is 25.7 Å². The molecule has 0 heterocycles. The van der Waals surface area contributed by atoms with Gasteiger partial charge in [0.25, 0.3) is 5.70 Å². The van der Waals surface area contributed by atoms with Crippen LogP contribution in [0.15, 0.2) is 30.0 Å². The topological polar surface area (TPSA) is 59.8 Å². The lowest BCUT2D eigenvalue weighted by Crippen LogP contribution is -2.19. The highest BCUT2D eigenvalue weighted by Crippen LogP contribution is 2.20. The van der Waals surface area contributed by atoms with E-state index >= 15 is 0 Å². The molecule has 1 aromatic rings. The van der Waals surface area contributed by atoms with Crippen LogP contribution < -0.4 is 5.32 Å². The van der Waals surface area contributed by atoms with Gasteiger partial charge in [-0.05, 0) is 41.5 Å². The predicted octanol–water partition coefficient (Wildman–Crippen LogP) is 6.08. The van der Waals surface area contributed by atoms with E-state index in [9.17, 15) is 9.59 Å². The van der Waals surface area contributed by atoms with Gasteiger partial charge in [-0.1, -0.05) is 66.0 Å². The van der Waals surface area contributed by atoms with Crippen molar-refractivity contribution in [1.29, 1.82) is 0 Å². The van der Waals surface area contributed by atoms with Crippen molar-refractivity contribution >= 4 is 23.6 Å². The summed E-state index contributed by atoms with van der Waals surface area (Å²) in [6.07, 6.45) is 6.15. The van der Waals surface area contributed by atoms with E-state index in [4.69, 9.17) is 11.3 Å². The lowest BCUT2D eigenvalue weighted by Gasteiger charge is -2.17.